The van der Waals surface area contributed by atoms with E-state index in [1.807, 2.05) is 6.92 Å². The third-order valence-electron chi connectivity index (χ3n) is 4.02. The van der Waals surface area contributed by atoms with Crippen LogP contribution in [0.1, 0.15) is 30.6 Å². The summed E-state index contributed by atoms with van der Waals surface area (Å²) >= 11 is 1.36. The number of aromatic nitrogens is 1. The molecular weight excluding hydrogens is 308 g/mol. The molecule has 8 heteroatoms. The first-order chi connectivity index (χ1) is 10.0. The van der Waals surface area contributed by atoms with Gasteiger partial charge in [0.25, 0.3) is 0 Å². The molecule has 1 aliphatic carbocycles. The number of nitrogens with zero attached hydrogens (tertiary/aromatic N) is 2. The number of rotatable bonds is 6. The maximum atomic E-state index is 12.3. The minimum atomic E-state index is -3.45. The Kier molecular flexibility index (Phi) is 4.49. The Morgan fingerprint density at radius 2 is 2.05 bits per heavy atom. The molecule has 0 amide bonds. The Labute approximate surface area is 130 Å². The molecule has 2 heterocycles. The van der Waals surface area contributed by atoms with Gasteiger partial charge in [-0.05, 0) is 45.1 Å². The second kappa shape index (κ2) is 6.20. The average molecular weight is 330 g/mol. The molecule has 1 saturated heterocycles. The predicted molar refractivity (Wildman–Crippen MR) is 84.7 cm³/mol. The highest BCUT2D eigenvalue weighted by Crippen LogP contribution is 2.24. The van der Waals surface area contributed by atoms with Gasteiger partial charge < -0.3 is 5.32 Å². The smallest absolute Gasteiger partial charge is 0.303 e. The molecule has 1 aliphatic heterocycles. The number of piperidine rings is 1. The normalized spacial score (nSPS) is 21.6. The lowest BCUT2D eigenvalue weighted by molar-refractivity contribution is 0.268. The largest absolute Gasteiger partial charge is 0.314 e. The predicted octanol–water partition coefficient (Wildman–Crippen LogP) is 1.57. The van der Waals surface area contributed by atoms with Crippen LogP contribution in [-0.4, -0.2) is 43.4 Å². The Morgan fingerprint density at radius 3 is 2.62 bits per heavy atom. The van der Waals surface area contributed by atoms with E-state index in [1.54, 1.807) is 6.20 Å². The van der Waals surface area contributed by atoms with Crippen LogP contribution in [0.2, 0.25) is 0 Å². The Balaban J connectivity index is 1.50. The summed E-state index contributed by atoms with van der Waals surface area (Å²) in [6, 6.07) is 0.724. The fourth-order valence-corrected chi connectivity index (χ4v) is 4.64. The molecular formula is C13H22N4O2S2. The van der Waals surface area contributed by atoms with Crippen molar-refractivity contribution in [1.29, 1.82) is 0 Å². The summed E-state index contributed by atoms with van der Waals surface area (Å²) in [5, 5.41) is 3.98. The molecule has 0 atom stereocenters. The maximum Gasteiger partial charge on any atom is 0.303 e. The van der Waals surface area contributed by atoms with Crippen LogP contribution in [0.25, 0.3) is 0 Å². The molecule has 2 N–H and O–H groups in total. The molecule has 6 nitrogen and oxygen atoms in total. The first kappa shape index (κ1) is 15.2. The SMILES string of the molecule is Cc1cnc(NS(=O)(=O)N2CCC(CNC3CC3)CC2)s1. The summed E-state index contributed by atoms with van der Waals surface area (Å²) < 4.78 is 28.7. The minimum Gasteiger partial charge on any atom is -0.314 e. The highest BCUT2D eigenvalue weighted by molar-refractivity contribution is 7.90. The lowest BCUT2D eigenvalue weighted by Gasteiger charge is -2.31. The van der Waals surface area contributed by atoms with Crippen LogP contribution < -0.4 is 10.0 Å². The number of aryl methyl sites for hydroxylation is 1. The lowest BCUT2D eigenvalue weighted by atomic mass is 9.98. The summed E-state index contributed by atoms with van der Waals surface area (Å²) in [6.07, 6.45) is 6.13. The summed E-state index contributed by atoms with van der Waals surface area (Å²) in [4.78, 5) is 5.06. The number of hydrogen-bond donors (Lipinski definition) is 2. The van der Waals surface area contributed by atoms with Crippen LogP contribution in [-0.2, 0) is 10.2 Å². The van der Waals surface area contributed by atoms with E-state index in [1.165, 1.54) is 28.5 Å². The van der Waals surface area contributed by atoms with Gasteiger partial charge in [-0.1, -0.05) is 0 Å². The average Bonchev–Trinajstić information content (AvgIpc) is 3.20. The van der Waals surface area contributed by atoms with E-state index in [9.17, 15) is 8.42 Å². The molecule has 0 radical (unpaired) electrons. The van der Waals surface area contributed by atoms with Crippen molar-refractivity contribution in [3.05, 3.63) is 11.1 Å². The van der Waals surface area contributed by atoms with Gasteiger partial charge in [-0.3, -0.25) is 0 Å². The molecule has 118 valence electrons. The highest BCUT2D eigenvalue weighted by atomic mass is 32.2. The van der Waals surface area contributed by atoms with Gasteiger partial charge in [-0.2, -0.15) is 12.7 Å². The summed E-state index contributed by atoms with van der Waals surface area (Å²) in [5.41, 5.74) is 0. The van der Waals surface area contributed by atoms with Crippen molar-refractivity contribution in [3.63, 3.8) is 0 Å². The Morgan fingerprint density at radius 1 is 1.33 bits per heavy atom. The van der Waals surface area contributed by atoms with Crippen molar-refractivity contribution < 1.29 is 8.42 Å². The van der Waals surface area contributed by atoms with E-state index >= 15 is 0 Å². The van der Waals surface area contributed by atoms with Crippen LogP contribution in [0.4, 0.5) is 5.13 Å². The minimum absolute atomic E-state index is 0.449. The zero-order valence-corrected chi connectivity index (χ0v) is 13.8. The molecule has 0 unspecified atom stereocenters. The van der Waals surface area contributed by atoms with Crippen molar-refractivity contribution >= 4 is 26.7 Å². The van der Waals surface area contributed by atoms with Gasteiger partial charge in [0.2, 0.25) is 0 Å². The van der Waals surface area contributed by atoms with Crippen molar-refractivity contribution in [2.45, 2.75) is 38.6 Å². The molecule has 0 spiro atoms. The van der Waals surface area contributed by atoms with Crippen molar-refractivity contribution in [2.75, 3.05) is 24.4 Å². The molecule has 1 saturated carbocycles. The van der Waals surface area contributed by atoms with Crippen molar-refractivity contribution in [1.82, 2.24) is 14.6 Å². The zero-order valence-electron chi connectivity index (χ0n) is 12.2. The standard InChI is InChI=1S/C13H22N4O2S2/c1-10-8-15-13(20-10)16-21(18,19)17-6-4-11(5-7-17)9-14-12-2-3-12/h8,11-12,14H,2-7,9H2,1H3,(H,15,16). The lowest BCUT2D eigenvalue weighted by Crippen LogP contribution is -2.43. The number of thiazole rings is 1. The monoisotopic (exact) mass is 330 g/mol. The van der Waals surface area contributed by atoms with Crippen LogP contribution in [0.3, 0.4) is 0 Å². The molecule has 2 aliphatic rings. The highest BCUT2D eigenvalue weighted by Gasteiger charge is 2.29. The molecule has 21 heavy (non-hydrogen) atoms. The van der Waals surface area contributed by atoms with Gasteiger partial charge in [-0.15, -0.1) is 11.3 Å². The Bertz CT molecular complexity index is 575. The molecule has 0 aromatic carbocycles. The number of anilines is 1. The molecule has 2 fully saturated rings. The van der Waals surface area contributed by atoms with E-state index in [0.717, 1.165) is 30.3 Å². The van der Waals surface area contributed by atoms with Crippen molar-refractivity contribution in [2.24, 2.45) is 5.92 Å². The molecule has 0 bridgehead atoms. The quantitative estimate of drug-likeness (QED) is 0.830. The van der Waals surface area contributed by atoms with Gasteiger partial charge in [0.05, 0.1) is 0 Å². The molecule has 3 rings (SSSR count). The third kappa shape index (κ3) is 4.15. The molecule has 1 aromatic rings. The van der Waals surface area contributed by atoms with Gasteiger partial charge in [0.1, 0.15) is 0 Å². The van der Waals surface area contributed by atoms with Gasteiger partial charge in [0, 0.05) is 30.2 Å². The van der Waals surface area contributed by atoms with E-state index in [4.69, 9.17) is 0 Å². The van der Waals surface area contributed by atoms with E-state index in [2.05, 4.69) is 15.0 Å². The van der Waals surface area contributed by atoms with E-state index in [0.29, 0.717) is 24.1 Å². The summed E-state index contributed by atoms with van der Waals surface area (Å²) in [7, 11) is -3.45. The second-order valence-corrected chi connectivity index (χ2v) is 8.81. The van der Waals surface area contributed by atoms with E-state index in [-0.39, 0.29) is 0 Å². The van der Waals surface area contributed by atoms with Crippen LogP contribution >= 0.6 is 11.3 Å². The summed E-state index contributed by atoms with van der Waals surface area (Å²) in [5.74, 6) is 0.596. The van der Waals surface area contributed by atoms with Gasteiger partial charge >= 0.3 is 10.2 Å². The fraction of sp³-hybridized carbons (Fsp3) is 0.769. The first-order valence-corrected chi connectivity index (χ1v) is 9.72. The van der Waals surface area contributed by atoms with Gasteiger partial charge in [-0.25, -0.2) is 9.71 Å². The summed E-state index contributed by atoms with van der Waals surface area (Å²) in [6.45, 7) is 4.12. The second-order valence-electron chi connectivity index (χ2n) is 5.91. The van der Waals surface area contributed by atoms with Gasteiger partial charge in [0.15, 0.2) is 5.13 Å². The number of nitrogens with one attached hydrogen (secondary N) is 2. The van der Waals surface area contributed by atoms with Crippen LogP contribution in [0.15, 0.2) is 6.20 Å². The van der Waals surface area contributed by atoms with E-state index < -0.39 is 10.2 Å². The Hall–Kier alpha value is -0.700. The zero-order chi connectivity index (χ0) is 14.9. The van der Waals surface area contributed by atoms with Crippen LogP contribution in [0, 0.1) is 12.8 Å². The van der Waals surface area contributed by atoms with Crippen LogP contribution in [0.5, 0.6) is 0 Å². The maximum absolute atomic E-state index is 12.3. The topological polar surface area (TPSA) is 74.3 Å². The van der Waals surface area contributed by atoms with Crippen molar-refractivity contribution in [3.8, 4) is 0 Å². The third-order valence-corrected chi connectivity index (χ3v) is 6.48. The first-order valence-electron chi connectivity index (χ1n) is 7.46. The fourth-order valence-electron chi connectivity index (χ4n) is 2.55. The molecule has 1 aromatic heterocycles. The number of hydrogen-bond acceptors (Lipinski definition) is 5.